The Labute approximate surface area is 117 Å². The van der Waals surface area contributed by atoms with Gasteiger partial charge < -0.3 is 10.6 Å². The smallest absolute Gasteiger partial charge is 0.244 e. The number of nitrogens with zero attached hydrogens (tertiary/aromatic N) is 1. The Morgan fingerprint density at radius 2 is 1.90 bits per heavy atom. The standard InChI is InChI=1S/C16H17FN2O/c1-19(11-12-6-5-9-14(17)10-12)16(20)15(18)13-7-3-2-4-8-13/h2-10,15H,11,18H2,1H3/t15-/m1/s1. The van der Waals surface area contributed by atoms with Gasteiger partial charge in [0.1, 0.15) is 11.9 Å². The summed E-state index contributed by atoms with van der Waals surface area (Å²) in [6, 6.07) is 14.7. The van der Waals surface area contributed by atoms with E-state index in [4.69, 9.17) is 5.73 Å². The molecule has 0 aliphatic heterocycles. The van der Waals surface area contributed by atoms with Gasteiger partial charge in [0.15, 0.2) is 0 Å². The molecule has 0 aromatic heterocycles. The van der Waals surface area contributed by atoms with Gasteiger partial charge in [-0.25, -0.2) is 4.39 Å². The minimum atomic E-state index is -0.699. The lowest BCUT2D eigenvalue weighted by Gasteiger charge is -2.21. The number of rotatable bonds is 4. The number of likely N-dealkylation sites (N-methyl/N-ethyl adjacent to an activating group) is 1. The molecule has 0 unspecified atom stereocenters. The van der Waals surface area contributed by atoms with Gasteiger partial charge in [-0.3, -0.25) is 4.79 Å². The highest BCUT2D eigenvalue weighted by atomic mass is 19.1. The highest BCUT2D eigenvalue weighted by molar-refractivity contribution is 5.82. The minimum absolute atomic E-state index is 0.194. The average molecular weight is 272 g/mol. The van der Waals surface area contributed by atoms with Crippen LogP contribution in [0, 0.1) is 5.82 Å². The zero-order valence-corrected chi connectivity index (χ0v) is 11.3. The van der Waals surface area contributed by atoms with Crippen LogP contribution in [-0.4, -0.2) is 17.9 Å². The Kier molecular flexibility index (Phi) is 4.48. The Bertz CT molecular complexity index is 586. The summed E-state index contributed by atoms with van der Waals surface area (Å²) < 4.78 is 13.1. The first kappa shape index (κ1) is 14.2. The van der Waals surface area contributed by atoms with Crippen LogP contribution in [0.4, 0.5) is 4.39 Å². The largest absolute Gasteiger partial charge is 0.340 e. The van der Waals surface area contributed by atoms with Gasteiger partial charge in [0, 0.05) is 13.6 Å². The lowest BCUT2D eigenvalue weighted by Crippen LogP contribution is -2.35. The summed E-state index contributed by atoms with van der Waals surface area (Å²) in [5.74, 6) is -0.504. The van der Waals surface area contributed by atoms with E-state index in [1.54, 1.807) is 19.2 Å². The van der Waals surface area contributed by atoms with Crippen LogP contribution in [0.5, 0.6) is 0 Å². The van der Waals surface area contributed by atoms with Gasteiger partial charge in [-0.2, -0.15) is 0 Å². The molecular weight excluding hydrogens is 255 g/mol. The minimum Gasteiger partial charge on any atom is -0.340 e. The number of hydrogen-bond acceptors (Lipinski definition) is 2. The molecule has 0 fully saturated rings. The highest BCUT2D eigenvalue weighted by Gasteiger charge is 2.19. The maximum absolute atomic E-state index is 13.1. The number of amides is 1. The van der Waals surface area contributed by atoms with Crippen molar-refractivity contribution in [2.45, 2.75) is 12.6 Å². The zero-order chi connectivity index (χ0) is 14.5. The third kappa shape index (κ3) is 3.42. The van der Waals surface area contributed by atoms with Crippen molar-refractivity contribution in [1.29, 1.82) is 0 Å². The molecule has 0 aliphatic rings. The molecule has 20 heavy (non-hydrogen) atoms. The van der Waals surface area contributed by atoms with E-state index < -0.39 is 6.04 Å². The number of nitrogens with two attached hydrogens (primary N) is 1. The van der Waals surface area contributed by atoms with E-state index in [9.17, 15) is 9.18 Å². The summed E-state index contributed by atoms with van der Waals surface area (Å²) in [7, 11) is 1.66. The van der Waals surface area contributed by atoms with Gasteiger partial charge in [0.25, 0.3) is 0 Å². The Morgan fingerprint density at radius 1 is 1.20 bits per heavy atom. The van der Waals surface area contributed by atoms with Crippen molar-refractivity contribution in [3.05, 3.63) is 71.5 Å². The predicted molar refractivity (Wildman–Crippen MR) is 76.2 cm³/mol. The lowest BCUT2D eigenvalue weighted by molar-refractivity contribution is -0.131. The molecule has 0 saturated heterocycles. The second kappa shape index (κ2) is 6.30. The van der Waals surface area contributed by atoms with Crippen LogP contribution in [-0.2, 0) is 11.3 Å². The number of hydrogen-bond donors (Lipinski definition) is 1. The monoisotopic (exact) mass is 272 g/mol. The fourth-order valence-electron chi connectivity index (χ4n) is 2.03. The van der Waals surface area contributed by atoms with Crippen molar-refractivity contribution in [2.24, 2.45) is 5.73 Å². The van der Waals surface area contributed by atoms with E-state index in [2.05, 4.69) is 0 Å². The van der Waals surface area contributed by atoms with E-state index in [1.165, 1.54) is 17.0 Å². The number of halogens is 1. The molecule has 0 heterocycles. The van der Waals surface area contributed by atoms with Crippen LogP contribution in [0.2, 0.25) is 0 Å². The fourth-order valence-corrected chi connectivity index (χ4v) is 2.03. The van der Waals surface area contributed by atoms with Gasteiger partial charge in [-0.1, -0.05) is 42.5 Å². The predicted octanol–water partition coefficient (Wildman–Crippen LogP) is 2.48. The van der Waals surface area contributed by atoms with E-state index in [-0.39, 0.29) is 11.7 Å². The van der Waals surface area contributed by atoms with Crippen molar-refractivity contribution in [3.63, 3.8) is 0 Å². The van der Waals surface area contributed by atoms with Crippen LogP contribution < -0.4 is 5.73 Å². The molecule has 0 aliphatic carbocycles. The molecule has 2 N–H and O–H groups in total. The first-order valence-corrected chi connectivity index (χ1v) is 6.38. The summed E-state index contributed by atoms with van der Waals surface area (Å²) in [6.07, 6.45) is 0. The Balaban J connectivity index is 2.05. The summed E-state index contributed by atoms with van der Waals surface area (Å²) in [5, 5.41) is 0. The number of benzene rings is 2. The van der Waals surface area contributed by atoms with Gasteiger partial charge in [0.05, 0.1) is 0 Å². The maximum Gasteiger partial charge on any atom is 0.244 e. The van der Waals surface area contributed by atoms with E-state index in [1.807, 2.05) is 30.3 Å². The molecule has 1 atom stereocenters. The summed E-state index contributed by atoms with van der Waals surface area (Å²) in [4.78, 5) is 13.7. The average Bonchev–Trinajstić information content (AvgIpc) is 2.46. The Morgan fingerprint density at radius 3 is 2.55 bits per heavy atom. The van der Waals surface area contributed by atoms with Crippen molar-refractivity contribution < 1.29 is 9.18 Å². The van der Waals surface area contributed by atoms with Crippen molar-refractivity contribution in [3.8, 4) is 0 Å². The molecule has 2 rings (SSSR count). The van der Waals surface area contributed by atoms with Crippen LogP contribution >= 0.6 is 0 Å². The molecule has 3 nitrogen and oxygen atoms in total. The molecule has 0 bridgehead atoms. The Hall–Kier alpha value is -2.20. The van der Waals surface area contributed by atoms with Crippen molar-refractivity contribution in [1.82, 2.24) is 4.90 Å². The van der Waals surface area contributed by atoms with Crippen molar-refractivity contribution >= 4 is 5.91 Å². The third-order valence-electron chi connectivity index (χ3n) is 3.11. The maximum atomic E-state index is 13.1. The normalized spacial score (nSPS) is 11.9. The topological polar surface area (TPSA) is 46.3 Å². The van der Waals surface area contributed by atoms with Gasteiger partial charge in [0.2, 0.25) is 5.91 Å². The van der Waals surface area contributed by atoms with Gasteiger partial charge in [-0.05, 0) is 23.3 Å². The highest BCUT2D eigenvalue weighted by Crippen LogP contribution is 2.14. The lowest BCUT2D eigenvalue weighted by atomic mass is 10.1. The molecule has 0 radical (unpaired) electrons. The second-order valence-electron chi connectivity index (χ2n) is 4.71. The van der Waals surface area contributed by atoms with Crippen LogP contribution in [0.25, 0.3) is 0 Å². The SMILES string of the molecule is CN(Cc1cccc(F)c1)C(=O)[C@H](N)c1ccccc1. The third-order valence-corrected chi connectivity index (χ3v) is 3.11. The summed E-state index contributed by atoms with van der Waals surface area (Å²) in [5.41, 5.74) is 7.46. The molecule has 2 aromatic carbocycles. The van der Waals surface area contributed by atoms with E-state index in [0.717, 1.165) is 11.1 Å². The zero-order valence-electron chi connectivity index (χ0n) is 11.3. The molecule has 0 saturated carbocycles. The van der Waals surface area contributed by atoms with Crippen LogP contribution in [0.1, 0.15) is 17.2 Å². The first-order chi connectivity index (χ1) is 9.58. The number of carbonyl (C=O) groups excluding carboxylic acids is 1. The van der Waals surface area contributed by atoms with E-state index >= 15 is 0 Å². The summed E-state index contributed by atoms with van der Waals surface area (Å²) >= 11 is 0. The molecular formula is C16H17FN2O. The first-order valence-electron chi connectivity index (χ1n) is 6.38. The van der Waals surface area contributed by atoms with Crippen molar-refractivity contribution in [2.75, 3.05) is 7.05 Å². The molecule has 104 valence electrons. The fraction of sp³-hybridized carbons (Fsp3) is 0.188. The number of carbonyl (C=O) groups is 1. The quantitative estimate of drug-likeness (QED) is 0.929. The molecule has 1 amide bonds. The summed E-state index contributed by atoms with van der Waals surface area (Å²) in [6.45, 7) is 0.330. The van der Waals surface area contributed by atoms with Crippen LogP contribution in [0.15, 0.2) is 54.6 Å². The van der Waals surface area contributed by atoms with Gasteiger partial charge >= 0.3 is 0 Å². The van der Waals surface area contributed by atoms with Crippen LogP contribution in [0.3, 0.4) is 0 Å². The van der Waals surface area contributed by atoms with E-state index in [0.29, 0.717) is 6.54 Å². The molecule has 0 spiro atoms. The second-order valence-corrected chi connectivity index (χ2v) is 4.71. The van der Waals surface area contributed by atoms with Gasteiger partial charge in [-0.15, -0.1) is 0 Å². The molecule has 4 heteroatoms. The molecule has 2 aromatic rings.